The molecule has 1 saturated carbocycles. The lowest BCUT2D eigenvalue weighted by Gasteiger charge is -2.24. The van der Waals surface area contributed by atoms with Gasteiger partial charge in [-0.25, -0.2) is 4.68 Å². The minimum atomic E-state index is 0.454. The summed E-state index contributed by atoms with van der Waals surface area (Å²) in [6.07, 6.45) is 5.07. The first kappa shape index (κ1) is 11.4. The van der Waals surface area contributed by atoms with E-state index in [1.165, 1.54) is 31.2 Å². The average molecular weight is 275 g/mol. The van der Waals surface area contributed by atoms with E-state index in [9.17, 15) is 0 Å². The molecule has 0 spiro atoms. The fourth-order valence-corrected chi connectivity index (χ4v) is 3.59. The van der Waals surface area contributed by atoms with Gasteiger partial charge in [-0.05, 0) is 64.4 Å². The Hall–Kier alpha value is -1.43. The molecule has 0 aromatic carbocycles. The lowest BCUT2D eigenvalue weighted by Crippen LogP contribution is -2.26. The molecule has 0 radical (unpaired) electrons. The van der Waals surface area contributed by atoms with Gasteiger partial charge in [0.1, 0.15) is 0 Å². The van der Waals surface area contributed by atoms with Crippen molar-refractivity contribution in [3.8, 4) is 0 Å². The molecule has 100 valence electrons. The van der Waals surface area contributed by atoms with Crippen LogP contribution in [0, 0.1) is 5.92 Å². The zero-order valence-electron chi connectivity index (χ0n) is 10.8. The molecule has 1 atom stereocenters. The highest BCUT2D eigenvalue weighted by Gasteiger charge is 2.31. The highest BCUT2D eigenvalue weighted by atomic mass is 32.1. The Labute approximate surface area is 116 Å². The van der Waals surface area contributed by atoms with Crippen LogP contribution in [-0.2, 0) is 6.54 Å². The Morgan fingerprint density at radius 2 is 2.26 bits per heavy atom. The van der Waals surface area contributed by atoms with E-state index in [4.69, 9.17) is 0 Å². The fraction of sp³-hybridized carbons (Fsp3) is 0.615. The van der Waals surface area contributed by atoms with E-state index in [0.717, 1.165) is 25.0 Å². The molecule has 2 aromatic rings. The van der Waals surface area contributed by atoms with Crippen LogP contribution in [0.5, 0.6) is 0 Å². The predicted molar refractivity (Wildman–Crippen MR) is 74.2 cm³/mol. The predicted octanol–water partition coefficient (Wildman–Crippen LogP) is 2.49. The molecule has 19 heavy (non-hydrogen) atoms. The summed E-state index contributed by atoms with van der Waals surface area (Å²) in [5.41, 5.74) is 1.41. The van der Waals surface area contributed by atoms with Crippen LogP contribution in [0.2, 0.25) is 0 Å². The van der Waals surface area contributed by atoms with Crippen molar-refractivity contribution >= 4 is 17.3 Å². The van der Waals surface area contributed by atoms with Gasteiger partial charge in [-0.1, -0.05) is 5.10 Å². The number of thiophene rings is 1. The van der Waals surface area contributed by atoms with Gasteiger partial charge in [-0.2, -0.15) is 11.3 Å². The number of hydrogen-bond donors (Lipinski definition) is 0. The van der Waals surface area contributed by atoms with Crippen LogP contribution < -0.4 is 4.90 Å². The Bertz CT molecular complexity index is 545. The van der Waals surface area contributed by atoms with Crippen molar-refractivity contribution in [2.45, 2.75) is 38.3 Å². The standard InChI is InChI=1S/C13H17N5S/c1-2-12(11-5-7-19-9-11)17(6-1)13-14-15-16-18(13)8-10-3-4-10/h5,7,9-10,12H,1-4,6,8H2. The molecule has 1 saturated heterocycles. The summed E-state index contributed by atoms with van der Waals surface area (Å²) < 4.78 is 2.00. The van der Waals surface area contributed by atoms with Crippen molar-refractivity contribution in [2.75, 3.05) is 11.4 Å². The highest BCUT2D eigenvalue weighted by Crippen LogP contribution is 2.37. The number of tetrazole rings is 1. The molecule has 6 heteroatoms. The normalized spacial score (nSPS) is 23.2. The van der Waals surface area contributed by atoms with E-state index < -0.39 is 0 Å². The number of nitrogens with zero attached hydrogens (tertiary/aromatic N) is 5. The summed E-state index contributed by atoms with van der Waals surface area (Å²) in [6.45, 7) is 2.04. The topological polar surface area (TPSA) is 46.8 Å². The Morgan fingerprint density at radius 1 is 1.32 bits per heavy atom. The van der Waals surface area contributed by atoms with E-state index >= 15 is 0 Å². The van der Waals surface area contributed by atoms with E-state index in [-0.39, 0.29) is 0 Å². The number of aromatic nitrogens is 4. The van der Waals surface area contributed by atoms with Crippen molar-refractivity contribution in [1.29, 1.82) is 0 Å². The summed E-state index contributed by atoms with van der Waals surface area (Å²) in [7, 11) is 0. The zero-order chi connectivity index (χ0) is 12.7. The molecule has 1 aliphatic carbocycles. The highest BCUT2D eigenvalue weighted by molar-refractivity contribution is 7.08. The maximum absolute atomic E-state index is 4.27. The Balaban J connectivity index is 1.61. The first-order valence-corrected chi connectivity index (χ1v) is 7.91. The molecular formula is C13H17N5S. The first-order valence-electron chi connectivity index (χ1n) is 6.97. The molecule has 0 amide bonds. The van der Waals surface area contributed by atoms with Crippen LogP contribution >= 0.6 is 11.3 Å². The third-order valence-corrected chi connectivity index (χ3v) is 4.78. The number of hydrogen-bond acceptors (Lipinski definition) is 5. The van der Waals surface area contributed by atoms with Crippen molar-refractivity contribution in [2.24, 2.45) is 5.92 Å². The van der Waals surface area contributed by atoms with E-state index in [1.54, 1.807) is 11.3 Å². The lowest BCUT2D eigenvalue weighted by molar-refractivity contribution is 0.534. The second-order valence-electron chi connectivity index (χ2n) is 5.51. The Kier molecular flexibility index (Phi) is 2.76. The number of rotatable bonds is 4. The van der Waals surface area contributed by atoms with Crippen molar-refractivity contribution < 1.29 is 0 Å². The van der Waals surface area contributed by atoms with Crippen LogP contribution in [0.25, 0.3) is 0 Å². The molecule has 1 unspecified atom stereocenters. The molecule has 0 N–H and O–H groups in total. The largest absolute Gasteiger partial charge is 0.333 e. The second-order valence-corrected chi connectivity index (χ2v) is 6.29. The van der Waals surface area contributed by atoms with Gasteiger partial charge in [0.05, 0.1) is 6.04 Å². The minimum absolute atomic E-state index is 0.454. The molecular weight excluding hydrogens is 258 g/mol. The molecule has 4 rings (SSSR count). The van der Waals surface area contributed by atoms with E-state index in [1.807, 2.05) is 4.68 Å². The third kappa shape index (κ3) is 2.14. The van der Waals surface area contributed by atoms with Crippen LogP contribution in [0.4, 0.5) is 5.95 Å². The van der Waals surface area contributed by atoms with Crippen LogP contribution in [-0.4, -0.2) is 26.8 Å². The SMILES string of the molecule is c1cc(C2CCCN2c2nnnn2CC2CC2)cs1. The van der Waals surface area contributed by atoms with Gasteiger partial charge in [0.2, 0.25) is 5.95 Å². The quantitative estimate of drug-likeness (QED) is 0.860. The molecule has 0 bridgehead atoms. The summed E-state index contributed by atoms with van der Waals surface area (Å²) in [6, 6.07) is 2.68. The second kappa shape index (κ2) is 4.59. The molecule has 2 aliphatic rings. The zero-order valence-corrected chi connectivity index (χ0v) is 11.6. The number of anilines is 1. The maximum Gasteiger partial charge on any atom is 0.246 e. The third-order valence-electron chi connectivity index (χ3n) is 4.08. The van der Waals surface area contributed by atoms with E-state index in [2.05, 4.69) is 37.3 Å². The lowest BCUT2D eigenvalue weighted by atomic mass is 10.1. The molecule has 2 aromatic heterocycles. The van der Waals surface area contributed by atoms with Gasteiger partial charge in [0, 0.05) is 13.1 Å². The summed E-state index contributed by atoms with van der Waals surface area (Å²) in [4.78, 5) is 2.38. The van der Waals surface area contributed by atoms with Crippen LogP contribution in [0.1, 0.15) is 37.3 Å². The molecule has 3 heterocycles. The molecule has 2 fully saturated rings. The molecule has 5 nitrogen and oxygen atoms in total. The van der Waals surface area contributed by atoms with Gasteiger partial charge in [0.15, 0.2) is 0 Å². The average Bonchev–Trinajstić information content (AvgIpc) is 2.91. The van der Waals surface area contributed by atoms with Gasteiger partial charge >= 0.3 is 0 Å². The van der Waals surface area contributed by atoms with Crippen molar-refractivity contribution in [3.63, 3.8) is 0 Å². The summed E-state index contributed by atoms with van der Waals surface area (Å²) in [5.74, 6) is 1.75. The Morgan fingerprint density at radius 3 is 3.05 bits per heavy atom. The maximum atomic E-state index is 4.27. The monoisotopic (exact) mass is 275 g/mol. The van der Waals surface area contributed by atoms with Crippen LogP contribution in [0.15, 0.2) is 16.8 Å². The minimum Gasteiger partial charge on any atom is -0.333 e. The van der Waals surface area contributed by atoms with E-state index in [0.29, 0.717) is 6.04 Å². The summed E-state index contributed by atoms with van der Waals surface area (Å²) >= 11 is 1.77. The molecule has 1 aliphatic heterocycles. The first-order chi connectivity index (χ1) is 9.42. The van der Waals surface area contributed by atoms with Gasteiger partial charge < -0.3 is 4.90 Å². The van der Waals surface area contributed by atoms with Gasteiger partial charge in [-0.15, -0.1) is 0 Å². The van der Waals surface area contributed by atoms with Crippen LogP contribution in [0.3, 0.4) is 0 Å². The summed E-state index contributed by atoms with van der Waals surface area (Å²) in [5, 5.41) is 16.7. The van der Waals surface area contributed by atoms with Crippen molar-refractivity contribution in [1.82, 2.24) is 20.2 Å². The smallest absolute Gasteiger partial charge is 0.246 e. The van der Waals surface area contributed by atoms with Gasteiger partial charge in [0.25, 0.3) is 0 Å². The fourth-order valence-electron chi connectivity index (χ4n) is 2.89. The van der Waals surface area contributed by atoms with Gasteiger partial charge in [-0.3, -0.25) is 0 Å². The van der Waals surface area contributed by atoms with Crippen molar-refractivity contribution in [3.05, 3.63) is 22.4 Å².